The van der Waals surface area contributed by atoms with Crippen molar-refractivity contribution in [3.8, 4) is 0 Å². The van der Waals surface area contributed by atoms with Gasteiger partial charge in [-0.2, -0.15) is 0 Å². The highest BCUT2D eigenvalue weighted by molar-refractivity contribution is 6.01. The number of cyclic esters (lactones) is 1. The van der Waals surface area contributed by atoms with E-state index in [1.165, 1.54) is 12.5 Å². The van der Waals surface area contributed by atoms with Gasteiger partial charge < -0.3 is 32.8 Å². The third-order valence-corrected chi connectivity index (χ3v) is 12.4. The van der Waals surface area contributed by atoms with E-state index in [4.69, 9.17) is 32.8 Å². The van der Waals surface area contributed by atoms with E-state index in [-0.39, 0.29) is 12.0 Å². The molecule has 49 heavy (non-hydrogen) atoms. The quantitative estimate of drug-likeness (QED) is 0.175. The number of furan rings is 1. The third-order valence-electron chi connectivity index (χ3n) is 12.4. The molecule has 0 unspecified atom stereocenters. The number of hydrogen-bond acceptors (Lipinski definition) is 13. The second-order valence-corrected chi connectivity index (χ2v) is 15.2. The van der Waals surface area contributed by atoms with E-state index in [1.807, 2.05) is 6.92 Å². The number of rotatable bonds is 7. The number of allylic oxidation sites excluding steroid dienone is 1. The van der Waals surface area contributed by atoms with E-state index in [0.29, 0.717) is 18.4 Å². The van der Waals surface area contributed by atoms with Gasteiger partial charge >= 0.3 is 29.8 Å². The Bertz CT molecular complexity index is 1640. The molecule has 266 valence electrons. The van der Waals surface area contributed by atoms with Crippen molar-refractivity contribution in [3.63, 3.8) is 0 Å². The normalized spacial score (nSPS) is 40.7. The fourth-order valence-corrected chi connectivity index (χ4v) is 10.6. The van der Waals surface area contributed by atoms with Crippen LogP contribution >= 0.6 is 0 Å². The van der Waals surface area contributed by atoms with Gasteiger partial charge in [0.05, 0.1) is 26.1 Å². The van der Waals surface area contributed by atoms with Gasteiger partial charge in [-0.1, -0.05) is 33.8 Å². The van der Waals surface area contributed by atoms with Crippen LogP contribution in [0.4, 0.5) is 0 Å². The molecule has 13 heteroatoms. The van der Waals surface area contributed by atoms with Crippen LogP contribution in [0.25, 0.3) is 0 Å². The summed E-state index contributed by atoms with van der Waals surface area (Å²) in [6.07, 6.45) is 0.359. The first-order valence-corrected chi connectivity index (χ1v) is 16.6. The Kier molecular flexibility index (Phi) is 8.01. The molecule has 2 bridgehead atoms. The van der Waals surface area contributed by atoms with Crippen LogP contribution in [-0.2, 0) is 57.2 Å². The molecule has 2 saturated heterocycles. The molecule has 2 aliphatic heterocycles. The highest BCUT2D eigenvalue weighted by Gasteiger charge is 2.93. The van der Waals surface area contributed by atoms with Crippen molar-refractivity contribution in [3.05, 3.63) is 35.8 Å². The standard InChI is InChI=1S/C36H44O13/c1-10-17(2)27(40)47-30-32(5,6)25(24(28(41)43-9)45-18(3)37)34(8)21-11-13-33(7)22(15-23(39)46-26(33)20-12-14-44-16-20)35(21)31(49-35)36(30,29(34)42)48-19(4)38/h10,12,14,16,21-22,24-26,30-31H,11,13,15H2,1-9H3/t21-,22+,24-,25+,26+,30+,31-,33-,34-,35+,36+/m1/s1. The zero-order valence-corrected chi connectivity index (χ0v) is 29.3. The molecule has 1 spiro atoms. The van der Waals surface area contributed by atoms with Crippen LogP contribution < -0.4 is 0 Å². The van der Waals surface area contributed by atoms with Gasteiger partial charge in [0.25, 0.3) is 0 Å². The van der Waals surface area contributed by atoms with E-state index in [0.717, 1.165) is 21.0 Å². The summed E-state index contributed by atoms with van der Waals surface area (Å²) in [5.41, 5.74) is -6.32. The number of ether oxygens (including phenoxy) is 6. The average molecular weight is 685 g/mol. The molecule has 11 atom stereocenters. The number of esters is 5. The number of carbonyl (C=O) groups is 6. The summed E-state index contributed by atoms with van der Waals surface area (Å²) in [6, 6.07) is 1.74. The molecule has 0 amide bonds. The maximum Gasteiger partial charge on any atom is 0.347 e. The highest BCUT2D eigenvalue weighted by Crippen LogP contribution is 2.79. The summed E-state index contributed by atoms with van der Waals surface area (Å²) < 4.78 is 41.4. The van der Waals surface area contributed by atoms with Crippen molar-refractivity contribution in [2.75, 3.05) is 7.11 Å². The molecule has 5 fully saturated rings. The number of hydrogen-bond donors (Lipinski definition) is 0. The van der Waals surface area contributed by atoms with Gasteiger partial charge in [-0.3, -0.25) is 19.2 Å². The first-order chi connectivity index (χ1) is 22.9. The molecule has 6 rings (SSSR count). The second-order valence-electron chi connectivity index (χ2n) is 15.2. The van der Waals surface area contributed by atoms with E-state index in [1.54, 1.807) is 46.8 Å². The Morgan fingerprint density at radius 1 is 1.02 bits per heavy atom. The van der Waals surface area contributed by atoms with Crippen LogP contribution in [0.3, 0.4) is 0 Å². The number of ketones is 1. The molecule has 0 N–H and O–H groups in total. The van der Waals surface area contributed by atoms with Crippen LogP contribution in [0.5, 0.6) is 0 Å². The smallest absolute Gasteiger partial charge is 0.347 e. The number of methoxy groups -OCH3 is 1. The largest absolute Gasteiger partial charge is 0.472 e. The molecular weight excluding hydrogens is 640 g/mol. The predicted octanol–water partition coefficient (Wildman–Crippen LogP) is 3.97. The molecule has 3 aliphatic carbocycles. The van der Waals surface area contributed by atoms with Crippen molar-refractivity contribution >= 4 is 35.6 Å². The fraction of sp³-hybridized carbons (Fsp3) is 0.667. The fourth-order valence-electron chi connectivity index (χ4n) is 10.6. The molecule has 13 nitrogen and oxygen atoms in total. The molecule has 3 saturated carbocycles. The lowest BCUT2D eigenvalue weighted by molar-refractivity contribution is -0.266. The zero-order chi connectivity index (χ0) is 36.1. The first kappa shape index (κ1) is 34.8. The van der Waals surface area contributed by atoms with Crippen molar-refractivity contribution < 1.29 is 61.6 Å². The maximum atomic E-state index is 15.5. The van der Waals surface area contributed by atoms with Gasteiger partial charge in [0.2, 0.25) is 11.7 Å². The minimum Gasteiger partial charge on any atom is -0.472 e. The minimum atomic E-state index is -2.19. The van der Waals surface area contributed by atoms with Crippen LogP contribution in [0, 0.1) is 34.0 Å². The van der Waals surface area contributed by atoms with Gasteiger partial charge in [-0.25, -0.2) is 9.59 Å². The van der Waals surface area contributed by atoms with E-state index < -0.39 is 105 Å². The summed E-state index contributed by atoms with van der Waals surface area (Å²) in [7, 11) is 1.15. The van der Waals surface area contributed by atoms with Gasteiger partial charge in [-0.15, -0.1) is 0 Å². The highest BCUT2D eigenvalue weighted by atomic mass is 16.7. The van der Waals surface area contributed by atoms with Gasteiger partial charge in [-0.05, 0) is 32.8 Å². The molecule has 3 heterocycles. The van der Waals surface area contributed by atoms with E-state index >= 15 is 4.79 Å². The van der Waals surface area contributed by atoms with E-state index in [2.05, 4.69) is 0 Å². The Morgan fingerprint density at radius 2 is 1.71 bits per heavy atom. The topological polar surface area (TPSA) is 174 Å². The van der Waals surface area contributed by atoms with Crippen LogP contribution in [0.15, 0.2) is 34.7 Å². The van der Waals surface area contributed by atoms with E-state index in [9.17, 15) is 24.0 Å². The summed E-state index contributed by atoms with van der Waals surface area (Å²) in [5, 5.41) is 0. The number of epoxide rings is 1. The Balaban J connectivity index is 1.64. The molecule has 0 radical (unpaired) electrons. The Hall–Kier alpha value is -4.00. The summed E-state index contributed by atoms with van der Waals surface area (Å²) in [6.45, 7) is 12.6. The molecule has 1 aromatic rings. The van der Waals surface area contributed by atoms with Crippen LogP contribution in [0.2, 0.25) is 0 Å². The minimum absolute atomic E-state index is 0.0706. The van der Waals surface area contributed by atoms with Crippen molar-refractivity contribution in [2.45, 2.75) is 110 Å². The number of Topliss-reactive ketones (excluding diaryl/α,β-unsaturated/α-hetero) is 1. The second kappa shape index (κ2) is 11.3. The Morgan fingerprint density at radius 3 is 2.29 bits per heavy atom. The van der Waals surface area contributed by atoms with Crippen molar-refractivity contribution in [1.82, 2.24) is 0 Å². The average Bonchev–Trinajstić information content (AvgIpc) is 3.51. The lowest BCUT2D eigenvalue weighted by Crippen LogP contribution is -2.82. The SMILES string of the molecule is CC=C(C)C(=O)O[C@H]1C(C)(C)[C@H]([C@@H](OC(C)=O)C(=O)OC)[C@]2(C)C(=O)[C@@]1(OC(C)=O)[C@@H]1O[C@]13[C@@H]2CC[C@@]1(C)[C@H](c2ccoc2)OC(=O)C[C@@H]13. The van der Waals surface area contributed by atoms with Gasteiger partial charge in [0.1, 0.15) is 17.8 Å². The molecule has 5 aliphatic rings. The van der Waals surface area contributed by atoms with Crippen LogP contribution in [-0.4, -0.2) is 72.3 Å². The monoisotopic (exact) mass is 684 g/mol. The maximum absolute atomic E-state index is 15.5. The van der Waals surface area contributed by atoms with Crippen molar-refractivity contribution in [1.29, 1.82) is 0 Å². The summed E-state index contributed by atoms with van der Waals surface area (Å²) in [4.78, 5) is 81.9. The predicted molar refractivity (Wildman–Crippen MR) is 166 cm³/mol. The first-order valence-electron chi connectivity index (χ1n) is 16.6. The lowest BCUT2D eigenvalue weighted by Gasteiger charge is -2.67. The molecule has 1 aromatic heterocycles. The molecule has 0 aromatic carbocycles. The number of fused-ring (bicyclic) bond motifs is 5. The third kappa shape index (κ3) is 4.52. The number of carbonyl (C=O) groups excluding carboxylic acids is 6. The van der Waals surface area contributed by atoms with Gasteiger partial charge in [0.15, 0.2) is 11.9 Å². The van der Waals surface area contributed by atoms with Crippen molar-refractivity contribution in [2.24, 2.45) is 34.0 Å². The zero-order valence-electron chi connectivity index (χ0n) is 29.3. The lowest BCUT2D eigenvalue weighted by atomic mass is 9.36. The molecular formula is C36H44O13. The van der Waals surface area contributed by atoms with Crippen LogP contribution in [0.1, 0.15) is 86.3 Å². The summed E-state index contributed by atoms with van der Waals surface area (Å²) in [5.74, 6) is -6.81. The summed E-state index contributed by atoms with van der Waals surface area (Å²) >= 11 is 0. The van der Waals surface area contributed by atoms with Gasteiger partial charge in [0, 0.05) is 59.0 Å². The Labute approximate surface area is 284 Å².